The first kappa shape index (κ1) is 28.4. The van der Waals surface area contributed by atoms with E-state index in [-0.39, 0.29) is 12.5 Å². The Morgan fingerprint density at radius 3 is 2.45 bits per heavy atom. The molecule has 7 nitrogen and oxygen atoms in total. The lowest BCUT2D eigenvalue weighted by Gasteiger charge is -2.14. The van der Waals surface area contributed by atoms with Gasteiger partial charge in [-0.05, 0) is 36.8 Å². The number of methoxy groups -OCH3 is 1. The standard InChI is InChI=1S/C26H25F3N4O3.C2H6/c1-16-11-17(7-8-21(16)25(34)30-2)23-14-32-24-22(31-10-9-26(27,28)29)13-20(15-33(23)24)36-19-6-4-5-18(12-19)35-3;1-2/h4-8,11-15,31H,9-10H2,1-3H3,(H,30,34);1-2H3. The lowest BCUT2D eigenvalue weighted by Crippen LogP contribution is -2.18. The molecular formula is C28H31F3N4O3. The van der Waals surface area contributed by atoms with Crippen molar-refractivity contribution in [1.29, 1.82) is 0 Å². The van der Waals surface area contributed by atoms with E-state index in [1.165, 1.54) is 0 Å². The molecule has 202 valence electrons. The summed E-state index contributed by atoms with van der Waals surface area (Å²) in [6.45, 7) is 5.52. The maximum Gasteiger partial charge on any atom is 0.390 e. The number of hydrogen-bond donors (Lipinski definition) is 2. The normalized spacial score (nSPS) is 10.9. The summed E-state index contributed by atoms with van der Waals surface area (Å²) in [4.78, 5) is 16.5. The Balaban J connectivity index is 0.00000195. The SMILES string of the molecule is CC.CNC(=O)c1ccc(-c2cnc3c(NCCC(F)(F)F)cc(Oc4cccc(OC)c4)cn23)cc1C. The van der Waals surface area contributed by atoms with Gasteiger partial charge < -0.3 is 20.1 Å². The van der Waals surface area contributed by atoms with Crippen molar-refractivity contribution in [3.63, 3.8) is 0 Å². The Morgan fingerprint density at radius 1 is 1.05 bits per heavy atom. The molecule has 1 amide bonds. The highest BCUT2D eigenvalue weighted by Crippen LogP contribution is 2.33. The number of halogens is 3. The number of alkyl halides is 3. The van der Waals surface area contributed by atoms with E-state index in [1.807, 2.05) is 26.8 Å². The van der Waals surface area contributed by atoms with Crippen molar-refractivity contribution in [3.05, 3.63) is 72.1 Å². The highest BCUT2D eigenvalue weighted by atomic mass is 19.4. The van der Waals surface area contributed by atoms with Crippen molar-refractivity contribution in [1.82, 2.24) is 14.7 Å². The number of carbonyl (C=O) groups excluding carboxylic acids is 1. The number of pyridine rings is 1. The van der Waals surface area contributed by atoms with E-state index in [9.17, 15) is 18.0 Å². The van der Waals surface area contributed by atoms with Crippen LogP contribution in [-0.4, -0.2) is 42.2 Å². The van der Waals surface area contributed by atoms with Gasteiger partial charge in [-0.3, -0.25) is 9.20 Å². The number of benzene rings is 2. The number of aryl methyl sites for hydroxylation is 1. The van der Waals surface area contributed by atoms with Gasteiger partial charge in [-0.1, -0.05) is 26.0 Å². The molecule has 10 heteroatoms. The van der Waals surface area contributed by atoms with Gasteiger partial charge >= 0.3 is 6.18 Å². The summed E-state index contributed by atoms with van der Waals surface area (Å²) in [6, 6.07) is 14.0. The molecule has 38 heavy (non-hydrogen) atoms. The second kappa shape index (κ2) is 12.4. The van der Waals surface area contributed by atoms with Crippen LogP contribution < -0.4 is 20.1 Å². The second-order valence-electron chi connectivity index (χ2n) is 8.11. The summed E-state index contributed by atoms with van der Waals surface area (Å²) >= 11 is 0. The molecule has 0 aliphatic rings. The molecule has 2 aromatic heterocycles. The molecule has 2 aromatic carbocycles. The highest BCUT2D eigenvalue weighted by Gasteiger charge is 2.26. The molecule has 0 aliphatic heterocycles. The zero-order valence-electron chi connectivity index (χ0n) is 21.9. The topological polar surface area (TPSA) is 76.9 Å². The molecule has 0 atom stereocenters. The van der Waals surface area contributed by atoms with Crippen molar-refractivity contribution in [3.8, 4) is 28.5 Å². The number of rotatable bonds is 8. The van der Waals surface area contributed by atoms with Crippen molar-refractivity contribution in [2.75, 3.05) is 26.0 Å². The fourth-order valence-corrected chi connectivity index (χ4v) is 3.81. The Labute approximate surface area is 219 Å². The average Bonchev–Trinajstić information content (AvgIpc) is 3.33. The number of amides is 1. The van der Waals surface area contributed by atoms with Crippen LogP contribution in [0.4, 0.5) is 18.9 Å². The smallest absolute Gasteiger partial charge is 0.390 e. The molecule has 0 saturated heterocycles. The first-order valence-electron chi connectivity index (χ1n) is 12.2. The maximum absolute atomic E-state index is 12.8. The molecule has 0 radical (unpaired) electrons. The average molecular weight is 529 g/mol. The van der Waals surface area contributed by atoms with E-state index < -0.39 is 12.6 Å². The lowest BCUT2D eigenvalue weighted by atomic mass is 10.0. The molecular weight excluding hydrogens is 497 g/mol. The Kier molecular flexibility index (Phi) is 9.22. The number of ether oxygens (including phenoxy) is 2. The quantitative estimate of drug-likeness (QED) is 0.261. The molecule has 0 aliphatic carbocycles. The maximum atomic E-state index is 12.8. The molecule has 0 fully saturated rings. The third kappa shape index (κ3) is 6.76. The number of hydrogen-bond acceptors (Lipinski definition) is 5. The van der Waals surface area contributed by atoms with Gasteiger partial charge in [0.1, 0.15) is 17.2 Å². The van der Waals surface area contributed by atoms with Gasteiger partial charge in [0.25, 0.3) is 5.91 Å². The van der Waals surface area contributed by atoms with Gasteiger partial charge in [-0.25, -0.2) is 4.98 Å². The van der Waals surface area contributed by atoms with Gasteiger partial charge in [0, 0.05) is 36.9 Å². The van der Waals surface area contributed by atoms with Gasteiger partial charge in [-0.15, -0.1) is 0 Å². The van der Waals surface area contributed by atoms with Crippen LogP contribution in [0.1, 0.15) is 36.2 Å². The minimum atomic E-state index is -4.29. The second-order valence-corrected chi connectivity index (χ2v) is 8.11. The van der Waals surface area contributed by atoms with Crippen LogP contribution >= 0.6 is 0 Å². The fourth-order valence-electron chi connectivity index (χ4n) is 3.81. The van der Waals surface area contributed by atoms with Crippen molar-refractivity contribution < 1.29 is 27.4 Å². The Hall–Kier alpha value is -4.21. The Bertz CT molecular complexity index is 1400. The number of aromatic nitrogens is 2. The fraction of sp³-hybridized carbons (Fsp3) is 0.286. The summed E-state index contributed by atoms with van der Waals surface area (Å²) in [6.07, 6.45) is -1.93. The van der Waals surface area contributed by atoms with Crippen LogP contribution in [0.3, 0.4) is 0 Å². The monoisotopic (exact) mass is 528 g/mol. The summed E-state index contributed by atoms with van der Waals surface area (Å²) in [7, 11) is 3.11. The van der Waals surface area contributed by atoms with Crippen LogP contribution in [0, 0.1) is 6.92 Å². The molecule has 4 aromatic rings. The van der Waals surface area contributed by atoms with E-state index in [1.54, 1.807) is 73.4 Å². The Morgan fingerprint density at radius 2 is 1.79 bits per heavy atom. The van der Waals surface area contributed by atoms with Crippen LogP contribution in [-0.2, 0) is 0 Å². The predicted octanol–water partition coefficient (Wildman–Crippen LogP) is 6.86. The first-order chi connectivity index (χ1) is 18.2. The van der Waals surface area contributed by atoms with Crippen LogP contribution in [0.25, 0.3) is 16.9 Å². The first-order valence-corrected chi connectivity index (χ1v) is 12.2. The molecule has 2 N–H and O–H groups in total. The number of nitrogens with zero attached hydrogens (tertiary/aromatic N) is 2. The van der Waals surface area contributed by atoms with Gasteiger partial charge in [-0.2, -0.15) is 13.2 Å². The molecule has 0 bridgehead atoms. The van der Waals surface area contributed by atoms with Crippen LogP contribution in [0.15, 0.2) is 60.9 Å². The van der Waals surface area contributed by atoms with E-state index in [4.69, 9.17) is 9.47 Å². The van der Waals surface area contributed by atoms with E-state index in [0.29, 0.717) is 39.8 Å². The number of nitrogens with one attached hydrogen (secondary N) is 2. The van der Waals surface area contributed by atoms with E-state index in [2.05, 4.69) is 15.6 Å². The van der Waals surface area contributed by atoms with Gasteiger partial charge in [0.2, 0.25) is 0 Å². The number of fused-ring (bicyclic) bond motifs is 1. The molecule has 4 rings (SSSR count). The lowest BCUT2D eigenvalue weighted by molar-refractivity contribution is -0.131. The van der Waals surface area contributed by atoms with Gasteiger partial charge in [0.15, 0.2) is 5.65 Å². The van der Waals surface area contributed by atoms with Crippen LogP contribution in [0.5, 0.6) is 17.2 Å². The van der Waals surface area contributed by atoms with Crippen LogP contribution in [0.2, 0.25) is 0 Å². The number of imidazole rings is 1. The third-order valence-corrected chi connectivity index (χ3v) is 5.58. The highest BCUT2D eigenvalue weighted by molar-refractivity contribution is 5.96. The van der Waals surface area contributed by atoms with E-state index >= 15 is 0 Å². The zero-order chi connectivity index (χ0) is 27.9. The summed E-state index contributed by atoms with van der Waals surface area (Å²) in [5, 5.41) is 5.45. The van der Waals surface area contributed by atoms with Crippen molar-refractivity contribution >= 4 is 17.2 Å². The van der Waals surface area contributed by atoms with Gasteiger partial charge in [0.05, 0.1) is 37.3 Å². The summed E-state index contributed by atoms with van der Waals surface area (Å²) in [5.41, 5.74) is 3.63. The number of anilines is 1. The number of carbonyl (C=O) groups is 1. The minimum absolute atomic E-state index is 0.192. The zero-order valence-corrected chi connectivity index (χ0v) is 21.9. The summed E-state index contributed by atoms with van der Waals surface area (Å²) < 4.78 is 51.3. The largest absolute Gasteiger partial charge is 0.497 e. The molecule has 0 spiro atoms. The summed E-state index contributed by atoms with van der Waals surface area (Å²) in [5.74, 6) is 1.31. The molecule has 0 unspecified atom stereocenters. The molecule has 0 saturated carbocycles. The predicted molar refractivity (Wildman–Crippen MR) is 142 cm³/mol. The van der Waals surface area contributed by atoms with Crippen molar-refractivity contribution in [2.24, 2.45) is 0 Å². The van der Waals surface area contributed by atoms with E-state index in [0.717, 1.165) is 11.1 Å². The molecule has 2 heterocycles. The minimum Gasteiger partial charge on any atom is -0.497 e. The third-order valence-electron chi connectivity index (χ3n) is 5.58. The van der Waals surface area contributed by atoms with Crippen molar-refractivity contribution in [2.45, 2.75) is 33.4 Å².